The van der Waals surface area contributed by atoms with Crippen molar-refractivity contribution in [1.29, 1.82) is 0 Å². The molecule has 0 aromatic heterocycles. The van der Waals surface area contributed by atoms with Crippen molar-refractivity contribution in [2.75, 3.05) is 20.4 Å². The highest BCUT2D eigenvalue weighted by molar-refractivity contribution is 4.91. The van der Waals surface area contributed by atoms with Crippen LogP contribution in [0.2, 0.25) is 0 Å². The van der Waals surface area contributed by atoms with E-state index in [1.807, 2.05) is 0 Å². The quantitative estimate of drug-likeness (QED) is 0.753. The van der Waals surface area contributed by atoms with Crippen LogP contribution in [0.15, 0.2) is 0 Å². The number of hydrogen-bond acceptors (Lipinski definition) is 3. The lowest BCUT2D eigenvalue weighted by Gasteiger charge is -2.43. The number of ether oxygens (including phenoxy) is 2. The van der Waals surface area contributed by atoms with Gasteiger partial charge in [0.2, 0.25) is 0 Å². The molecule has 3 heteroatoms. The van der Waals surface area contributed by atoms with E-state index in [9.17, 15) is 0 Å². The number of methoxy groups -OCH3 is 1. The molecule has 1 aliphatic carbocycles. The van der Waals surface area contributed by atoms with E-state index in [0.717, 1.165) is 18.8 Å². The van der Waals surface area contributed by atoms with E-state index in [1.54, 1.807) is 7.11 Å². The zero-order chi connectivity index (χ0) is 12.2. The molecule has 1 aliphatic rings. The molecule has 96 valence electrons. The molecule has 3 nitrogen and oxygen atoms in total. The Bertz CT molecular complexity index is 202. The summed E-state index contributed by atoms with van der Waals surface area (Å²) in [6.07, 6.45) is 4.55. The van der Waals surface area contributed by atoms with Crippen molar-refractivity contribution in [3.8, 4) is 0 Å². The molecule has 0 heterocycles. The number of hydrogen-bond donors (Lipinski definition) is 1. The van der Waals surface area contributed by atoms with Crippen molar-refractivity contribution in [3.63, 3.8) is 0 Å². The predicted octanol–water partition coefficient (Wildman–Crippen LogP) is 2.54. The summed E-state index contributed by atoms with van der Waals surface area (Å²) in [4.78, 5) is 0. The van der Waals surface area contributed by atoms with E-state index in [-0.39, 0.29) is 5.60 Å². The lowest BCUT2D eigenvalue weighted by atomic mass is 9.68. The highest BCUT2D eigenvalue weighted by Gasteiger charge is 2.38. The van der Waals surface area contributed by atoms with Crippen LogP contribution in [0.3, 0.4) is 0 Å². The van der Waals surface area contributed by atoms with Gasteiger partial charge >= 0.3 is 0 Å². The molecule has 0 bridgehead atoms. The minimum Gasteiger partial charge on any atom is -0.359 e. The molecule has 0 radical (unpaired) electrons. The molecule has 0 aliphatic heterocycles. The van der Waals surface area contributed by atoms with Gasteiger partial charge in [-0.15, -0.1) is 0 Å². The van der Waals surface area contributed by atoms with Crippen LogP contribution >= 0.6 is 0 Å². The highest BCUT2D eigenvalue weighted by atomic mass is 16.7. The summed E-state index contributed by atoms with van der Waals surface area (Å²) < 4.78 is 10.8. The van der Waals surface area contributed by atoms with Gasteiger partial charge in [-0.3, -0.25) is 0 Å². The fourth-order valence-electron chi connectivity index (χ4n) is 2.60. The lowest BCUT2D eigenvalue weighted by Crippen LogP contribution is -2.45. The van der Waals surface area contributed by atoms with E-state index in [4.69, 9.17) is 15.2 Å². The SMILES string of the molecule is COCOC1(CN)CCC(C(C)(C)C)CC1. The minimum absolute atomic E-state index is 0.127. The summed E-state index contributed by atoms with van der Waals surface area (Å²) in [6.45, 7) is 7.93. The second-order valence-corrected chi connectivity index (χ2v) is 6.08. The smallest absolute Gasteiger partial charge is 0.147 e. The largest absolute Gasteiger partial charge is 0.359 e. The van der Waals surface area contributed by atoms with Gasteiger partial charge in [0.05, 0.1) is 5.60 Å². The molecule has 1 rings (SSSR count). The fraction of sp³-hybridized carbons (Fsp3) is 1.00. The Hall–Kier alpha value is -0.120. The topological polar surface area (TPSA) is 44.5 Å². The molecule has 0 unspecified atom stereocenters. The summed E-state index contributed by atoms with van der Waals surface area (Å²) in [5, 5.41) is 0. The Labute approximate surface area is 99.7 Å². The summed E-state index contributed by atoms with van der Waals surface area (Å²) in [5.74, 6) is 0.790. The average molecular weight is 229 g/mol. The molecule has 2 N–H and O–H groups in total. The van der Waals surface area contributed by atoms with Gasteiger partial charge in [0.25, 0.3) is 0 Å². The Kier molecular flexibility index (Phi) is 4.77. The van der Waals surface area contributed by atoms with Crippen molar-refractivity contribution in [2.45, 2.75) is 52.1 Å². The maximum Gasteiger partial charge on any atom is 0.147 e. The molecule has 0 aromatic carbocycles. The zero-order valence-electron chi connectivity index (χ0n) is 11.2. The molecular formula is C13H27NO2. The predicted molar refractivity (Wildman–Crippen MR) is 66.2 cm³/mol. The van der Waals surface area contributed by atoms with Crippen LogP contribution in [-0.4, -0.2) is 26.0 Å². The monoisotopic (exact) mass is 229 g/mol. The summed E-state index contributed by atoms with van der Waals surface area (Å²) >= 11 is 0. The summed E-state index contributed by atoms with van der Waals surface area (Å²) in [7, 11) is 1.66. The van der Waals surface area contributed by atoms with Crippen LogP contribution in [0.25, 0.3) is 0 Å². The Morgan fingerprint density at radius 1 is 1.25 bits per heavy atom. The van der Waals surface area contributed by atoms with Gasteiger partial charge in [-0.05, 0) is 37.0 Å². The Morgan fingerprint density at radius 3 is 2.19 bits per heavy atom. The maximum atomic E-state index is 5.85. The van der Waals surface area contributed by atoms with Crippen molar-refractivity contribution in [1.82, 2.24) is 0 Å². The van der Waals surface area contributed by atoms with Crippen LogP contribution in [0.5, 0.6) is 0 Å². The standard InChI is InChI=1S/C13H27NO2/c1-12(2,3)11-5-7-13(9-14,8-6-11)16-10-15-4/h11H,5-10,14H2,1-4H3. The summed E-state index contributed by atoms with van der Waals surface area (Å²) in [5.41, 5.74) is 6.13. The molecule has 0 saturated heterocycles. The molecular weight excluding hydrogens is 202 g/mol. The Morgan fingerprint density at radius 2 is 1.81 bits per heavy atom. The second-order valence-electron chi connectivity index (χ2n) is 6.08. The lowest BCUT2D eigenvalue weighted by molar-refractivity contribution is -0.148. The van der Waals surface area contributed by atoms with E-state index in [1.165, 1.54) is 12.8 Å². The van der Waals surface area contributed by atoms with Crippen LogP contribution in [0.4, 0.5) is 0 Å². The third kappa shape index (κ3) is 3.44. The first-order chi connectivity index (χ1) is 7.43. The van der Waals surface area contributed by atoms with E-state index < -0.39 is 0 Å². The van der Waals surface area contributed by atoms with Crippen molar-refractivity contribution < 1.29 is 9.47 Å². The zero-order valence-corrected chi connectivity index (χ0v) is 11.2. The third-order valence-corrected chi connectivity index (χ3v) is 3.98. The first-order valence-corrected chi connectivity index (χ1v) is 6.26. The molecule has 0 aromatic rings. The molecule has 0 spiro atoms. The van der Waals surface area contributed by atoms with Crippen LogP contribution in [0, 0.1) is 11.3 Å². The van der Waals surface area contributed by atoms with Crippen LogP contribution in [-0.2, 0) is 9.47 Å². The van der Waals surface area contributed by atoms with Gasteiger partial charge in [0, 0.05) is 13.7 Å². The molecule has 1 saturated carbocycles. The minimum atomic E-state index is -0.127. The van der Waals surface area contributed by atoms with Crippen molar-refractivity contribution in [2.24, 2.45) is 17.1 Å². The van der Waals surface area contributed by atoms with Gasteiger partial charge < -0.3 is 15.2 Å². The maximum absolute atomic E-state index is 5.85. The normalized spacial score (nSPS) is 31.7. The molecule has 16 heavy (non-hydrogen) atoms. The molecule has 0 amide bonds. The number of nitrogens with two attached hydrogens (primary N) is 1. The first kappa shape index (κ1) is 13.9. The third-order valence-electron chi connectivity index (χ3n) is 3.98. The van der Waals surface area contributed by atoms with Crippen LogP contribution in [0.1, 0.15) is 46.5 Å². The molecule has 0 atom stereocenters. The van der Waals surface area contributed by atoms with E-state index in [2.05, 4.69) is 20.8 Å². The Balaban J connectivity index is 2.50. The van der Waals surface area contributed by atoms with Gasteiger partial charge in [-0.1, -0.05) is 20.8 Å². The average Bonchev–Trinajstić information content (AvgIpc) is 2.26. The van der Waals surface area contributed by atoms with Gasteiger partial charge in [0.15, 0.2) is 0 Å². The highest BCUT2D eigenvalue weighted by Crippen LogP contribution is 2.42. The van der Waals surface area contributed by atoms with Crippen molar-refractivity contribution in [3.05, 3.63) is 0 Å². The molecule has 1 fully saturated rings. The number of rotatable bonds is 4. The van der Waals surface area contributed by atoms with Crippen molar-refractivity contribution >= 4 is 0 Å². The first-order valence-electron chi connectivity index (χ1n) is 6.26. The summed E-state index contributed by atoms with van der Waals surface area (Å²) in [6, 6.07) is 0. The van der Waals surface area contributed by atoms with Crippen LogP contribution < -0.4 is 5.73 Å². The van der Waals surface area contributed by atoms with Gasteiger partial charge in [-0.25, -0.2) is 0 Å². The van der Waals surface area contributed by atoms with E-state index >= 15 is 0 Å². The van der Waals surface area contributed by atoms with Gasteiger partial charge in [0.1, 0.15) is 6.79 Å². The van der Waals surface area contributed by atoms with E-state index in [0.29, 0.717) is 18.8 Å². The second kappa shape index (κ2) is 5.48. The fourth-order valence-corrected chi connectivity index (χ4v) is 2.60. The van der Waals surface area contributed by atoms with Gasteiger partial charge in [-0.2, -0.15) is 0 Å².